The van der Waals surface area contributed by atoms with Gasteiger partial charge in [0.2, 0.25) is 0 Å². The molecule has 0 aliphatic heterocycles. The molecule has 0 aliphatic carbocycles. The molecule has 0 aliphatic rings. The smallest absolute Gasteiger partial charge is 0.315 e. The molecular formula is C16H24N4O9S2. The number of phenols is 2. The van der Waals surface area contributed by atoms with Gasteiger partial charge in [-0.1, -0.05) is 0 Å². The van der Waals surface area contributed by atoms with Gasteiger partial charge in [0.15, 0.2) is 0 Å². The van der Waals surface area contributed by atoms with Crippen molar-refractivity contribution < 1.29 is 40.9 Å². The summed E-state index contributed by atoms with van der Waals surface area (Å²) in [6.45, 7) is 0.828. The normalized spacial score (nSPS) is 11.1. The predicted molar refractivity (Wildman–Crippen MR) is 110 cm³/mol. The third-order valence-electron chi connectivity index (χ3n) is 3.88. The minimum Gasteiger partial charge on any atom is -0.508 e. The average Bonchev–Trinajstić information content (AvgIpc) is 2.60. The minimum atomic E-state index is -4.51. The number of amides is 2. The van der Waals surface area contributed by atoms with Crippen LogP contribution in [0.1, 0.15) is 16.7 Å². The number of carbonyl (C=O) groups excluding carboxylic acids is 1. The van der Waals surface area contributed by atoms with E-state index >= 15 is 0 Å². The van der Waals surface area contributed by atoms with Crippen molar-refractivity contribution in [2.45, 2.75) is 29.8 Å². The molecule has 2 aromatic rings. The molecule has 31 heavy (non-hydrogen) atoms. The van der Waals surface area contributed by atoms with Crippen molar-refractivity contribution in [1.29, 1.82) is 0 Å². The van der Waals surface area contributed by atoms with Gasteiger partial charge in [-0.25, -0.2) is 4.79 Å². The first-order valence-electron chi connectivity index (χ1n) is 7.90. The number of aromatic hydroxyl groups is 2. The van der Waals surface area contributed by atoms with Crippen LogP contribution in [0.4, 0.5) is 4.79 Å². The molecule has 0 fully saturated rings. The van der Waals surface area contributed by atoms with Crippen molar-refractivity contribution in [1.82, 2.24) is 22.9 Å². The Bertz CT molecular complexity index is 1170. The van der Waals surface area contributed by atoms with Crippen LogP contribution < -0.4 is 22.9 Å². The molecule has 0 spiro atoms. The van der Waals surface area contributed by atoms with Crippen LogP contribution in [0.25, 0.3) is 0 Å². The number of carbonyl (C=O) groups is 1. The van der Waals surface area contributed by atoms with Crippen molar-refractivity contribution in [2.24, 2.45) is 0 Å². The summed E-state index contributed by atoms with van der Waals surface area (Å²) in [4.78, 5) is 11.0. The maximum Gasteiger partial charge on any atom is 0.315 e. The van der Waals surface area contributed by atoms with Crippen molar-refractivity contribution in [3.05, 3.63) is 47.0 Å². The van der Waals surface area contributed by atoms with Crippen LogP contribution in [-0.2, 0) is 33.3 Å². The van der Waals surface area contributed by atoms with Gasteiger partial charge in [-0.2, -0.15) is 16.8 Å². The number of aryl methyl sites for hydroxylation is 1. The average molecular weight is 481 g/mol. The molecule has 0 saturated heterocycles. The zero-order chi connectivity index (χ0) is 22.0. The van der Waals surface area contributed by atoms with Crippen LogP contribution in [0.2, 0.25) is 0 Å². The lowest BCUT2D eigenvalue weighted by molar-refractivity contribution is 0.240. The highest BCUT2D eigenvalue weighted by atomic mass is 32.2. The maximum atomic E-state index is 11.9. The monoisotopic (exact) mass is 480 g/mol. The van der Waals surface area contributed by atoms with E-state index in [4.69, 9.17) is 9.11 Å². The Morgan fingerprint density at radius 1 is 0.839 bits per heavy atom. The maximum absolute atomic E-state index is 11.9. The van der Waals surface area contributed by atoms with E-state index in [0.29, 0.717) is 0 Å². The number of phenolic OH excluding ortho intramolecular Hbond substituents is 2. The molecule has 0 heterocycles. The Balaban J connectivity index is 0.00000450. The van der Waals surface area contributed by atoms with Gasteiger partial charge in [0, 0.05) is 24.2 Å². The van der Waals surface area contributed by atoms with E-state index in [-0.39, 0.29) is 53.6 Å². The van der Waals surface area contributed by atoms with Gasteiger partial charge in [-0.3, -0.25) is 9.11 Å². The molecule has 0 bridgehead atoms. The summed E-state index contributed by atoms with van der Waals surface area (Å²) in [6.07, 6.45) is 0. The molecule has 2 rings (SSSR count). The van der Waals surface area contributed by atoms with E-state index in [0.717, 1.165) is 30.3 Å². The highest BCUT2D eigenvalue weighted by molar-refractivity contribution is 7.86. The number of hydrogen-bond acceptors (Lipinski definition) is 9. The van der Waals surface area contributed by atoms with Crippen molar-refractivity contribution in [3.8, 4) is 11.5 Å². The Kier molecular flexibility index (Phi) is 9.39. The fourth-order valence-electron chi connectivity index (χ4n) is 2.38. The highest BCUT2D eigenvalue weighted by Crippen LogP contribution is 2.26. The largest absolute Gasteiger partial charge is 0.508 e. The zero-order valence-corrected chi connectivity index (χ0v) is 18.0. The summed E-state index contributed by atoms with van der Waals surface area (Å²) >= 11 is 0. The van der Waals surface area contributed by atoms with E-state index in [1.54, 1.807) is 0 Å². The second-order valence-corrected chi connectivity index (χ2v) is 8.87. The van der Waals surface area contributed by atoms with Crippen molar-refractivity contribution in [3.63, 3.8) is 0 Å². The Morgan fingerprint density at radius 2 is 1.32 bits per heavy atom. The van der Waals surface area contributed by atoms with E-state index in [1.165, 1.54) is 6.92 Å². The van der Waals surface area contributed by atoms with Crippen LogP contribution in [-0.4, -0.2) is 42.2 Å². The summed E-state index contributed by atoms with van der Waals surface area (Å²) < 4.78 is 63.0. The second kappa shape index (κ2) is 10.4. The third-order valence-corrected chi connectivity index (χ3v) is 5.56. The quantitative estimate of drug-likeness (QED) is 0.272. The van der Waals surface area contributed by atoms with Gasteiger partial charge >= 0.3 is 6.03 Å². The summed E-state index contributed by atoms with van der Waals surface area (Å²) in [5.41, 5.74) is 0.218. The van der Waals surface area contributed by atoms with Gasteiger partial charge in [0.25, 0.3) is 20.2 Å². The van der Waals surface area contributed by atoms with E-state index in [9.17, 15) is 31.8 Å². The van der Waals surface area contributed by atoms with Gasteiger partial charge in [0.05, 0.1) is 9.79 Å². The molecule has 0 atom stereocenters. The number of nitrogens with one attached hydrogen (secondary N) is 2. The first kappa shape index (κ1) is 28.1. The third kappa shape index (κ3) is 7.35. The molecule has 0 unspecified atom stereocenters. The molecule has 2 aromatic carbocycles. The van der Waals surface area contributed by atoms with E-state index in [1.807, 2.05) is 0 Å². The Morgan fingerprint density at radius 3 is 1.84 bits per heavy atom. The molecule has 0 saturated carbocycles. The molecule has 0 aromatic heterocycles. The van der Waals surface area contributed by atoms with Crippen LogP contribution in [0.15, 0.2) is 40.1 Å². The first-order chi connectivity index (χ1) is 13.3. The lowest BCUT2D eigenvalue weighted by Gasteiger charge is -2.12. The molecule has 174 valence electrons. The molecular weight excluding hydrogens is 456 g/mol. The van der Waals surface area contributed by atoms with E-state index in [2.05, 4.69) is 10.6 Å². The number of rotatable bonds is 6. The minimum absolute atomic E-state index is 0. The highest BCUT2D eigenvalue weighted by Gasteiger charge is 2.16. The van der Waals surface area contributed by atoms with Crippen LogP contribution in [0.5, 0.6) is 11.5 Å². The fraction of sp³-hybridized carbons (Fsp3) is 0.188. The summed E-state index contributed by atoms with van der Waals surface area (Å²) in [6, 6.07) is 4.30. The van der Waals surface area contributed by atoms with E-state index < -0.39 is 36.1 Å². The predicted octanol–water partition coefficient (Wildman–Crippen LogP) is 1.22. The fourth-order valence-corrected chi connectivity index (χ4v) is 3.53. The lowest BCUT2D eigenvalue weighted by atomic mass is 10.1. The van der Waals surface area contributed by atoms with Gasteiger partial charge in [0.1, 0.15) is 11.5 Å². The Hall–Kier alpha value is -2.95. The SMILES string of the molecule is Cc1cc(S(=O)(=O)O)cc(CNC(=O)NCc2cc(S(=O)(=O)O)ccc2O)c1O.N.N. The molecule has 13 nitrogen and oxygen atoms in total. The van der Waals surface area contributed by atoms with Crippen LogP contribution in [0, 0.1) is 6.92 Å². The molecule has 2 amide bonds. The molecule has 15 heteroatoms. The second-order valence-electron chi connectivity index (χ2n) is 6.02. The number of benzene rings is 2. The summed E-state index contributed by atoms with van der Waals surface area (Å²) in [5, 5.41) is 24.4. The number of urea groups is 1. The van der Waals surface area contributed by atoms with Crippen LogP contribution in [0.3, 0.4) is 0 Å². The molecule has 12 N–H and O–H groups in total. The van der Waals surface area contributed by atoms with Gasteiger partial charge < -0.3 is 33.1 Å². The van der Waals surface area contributed by atoms with Crippen LogP contribution >= 0.6 is 0 Å². The Labute approximate surface area is 178 Å². The molecule has 0 radical (unpaired) electrons. The topological polar surface area (TPSA) is 260 Å². The number of hydrogen-bond donors (Lipinski definition) is 8. The summed E-state index contributed by atoms with van der Waals surface area (Å²) in [5.74, 6) is -0.581. The zero-order valence-electron chi connectivity index (χ0n) is 16.4. The standard InChI is InChI=1S/C16H18N2O9S2.2H3N/c1-9-4-13(29(25,26)27)6-11(15(9)20)8-18-16(21)17-7-10-5-12(28(22,23)24)2-3-14(10)19;;/h2-6,19-20H,7-8H2,1H3,(H2,17,18,21)(H,22,23,24)(H,25,26,27);2*1H3. The van der Waals surface area contributed by atoms with Crippen molar-refractivity contribution in [2.75, 3.05) is 0 Å². The van der Waals surface area contributed by atoms with Gasteiger partial charge in [-0.15, -0.1) is 0 Å². The lowest BCUT2D eigenvalue weighted by Crippen LogP contribution is -2.34. The first-order valence-corrected chi connectivity index (χ1v) is 10.8. The van der Waals surface area contributed by atoms with Gasteiger partial charge in [-0.05, 0) is 42.8 Å². The van der Waals surface area contributed by atoms with Crippen molar-refractivity contribution >= 4 is 26.3 Å². The summed E-state index contributed by atoms with van der Waals surface area (Å²) in [7, 11) is -9.00.